The van der Waals surface area contributed by atoms with Gasteiger partial charge in [0.05, 0.1) is 5.69 Å². The standard InChI is InChI=1S/C24H21ClN4O/c1-15-7-4-9-18(13-15)23-27-22(24(30)26-20-11-6-10-19(25)14-20)28-29(23)21-12-5-8-16(2)17(21)3/h4-14H,1-3H3,(H,26,30). The molecule has 0 aliphatic heterocycles. The largest absolute Gasteiger partial charge is 0.319 e. The van der Waals surface area contributed by atoms with Crippen molar-refractivity contribution in [2.45, 2.75) is 20.8 Å². The van der Waals surface area contributed by atoms with Gasteiger partial charge in [0, 0.05) is 16.3 Å². The number of rotatable bonds is 4. The van der Waals surface area contributed by atoms with Crippen molar-refractivity contribution in [1.82, 2.24) is 14.8 Å². The van der Waals surface area contributed by atoms with Gasteiger partial charge in [-0.15, -0.1) is 5.10 Å². The van der Waals surface area contributed by atoms with Gasteiger partial charge in [-0.3, -0.25) is 4.79 Å². The molecule has 0 bridgehead atoms. The highest BCUT2D eigenvalue weighted by Crippen LogP contribution is 2.25. The molecule has 0 atom stereocenters. The lowest BCUT2D eigenvalue weighted by Gasteiger charge is -2.11. The van der Waals surface area contributed by atoms with Crippen LogP contribution in [0.25, 0.3) is 17.1 Å². The summed E-state index contributed by atoms with van der Waals surface area (Å²) in [4.78, 5) is 17.5. The van der Waals surface area contributed by atoms with Crippen molar-refractivity contribution in [1.29, 1.82) is 0 Å². The van der Waals surface area contributed by atoms with Crippen LogP contribution in [0.2, 0.25) is 5.02 Å². The zero-order valence-electron chi connectivity index (χ0n) is 17.0. The van der Waals surface area contributed by atoms with Crippen LogP contribution >= 0.6 is 11.6 Å². The highest BCUT2D eigenvalue weighted by molar-refractivity contribution is 6.30. The van der Waals surface area contributed by atoms with E-state index < -0.39 is 5.91 Å². The van der Waals surface area contributed by atoms with Crippen LogP contribution in [0.1, 0.15) is 27.3 Å². The Balaban J connectivity index is 1.81. The minimum Gasteiger partial charge on any atom is -0.319 e. The molecule has 0 unspecified atom stereocenters. The van der Waals surface area contributed by atoms with Crippen molar-refractivity contribution < 1.29 is 4.79 Å². The molecule has 0 saturated carbocycles. The van der Waals surface area contributed by atoms with E-state index >= 15 is 0 Å². The highest BCUT2D eigenvalue weighted by atomic mass is 35.5. The Hall–Kier alpha value is -3.44. The third-order valence-electron chi connectivity index (χ3n) is 4.97. The minimum absolute atomic E-state index is 0.0902. The SMILES string of the molecule is Cc1cccc(-c2nc(C(=O)Nc3cccc(Cl)c3)nn2-c2cccc(C)c2C)c1. The molecule has 30 heavy (non-hydrogen) atoms. The number of halogens is 1. The van der Waals surface area contributed by atoms with E-state index in [4.69, 9.17) is 11.6 Å². The van der Waals surface area contributed by atoms with Gasteiger partial charge in [-0.2, -0.15) is 0 Å². The molecule has 0 aliphatic rings. The van der Waals surface area contributed by atoms with Gasteiger partial charge in [0.2, 0.25) is 5.82 Å². The fourth-order valence-electron chi connectivity index (χ4n) is 3.27. The van der Waals surface area contributed by atoms with E-state index in [1.807, 2.05) is 50.2 Å². The van der Waals surface area contributed by atoms with E-state index in [0.717, 1.165) is 27.9 Å². The van der Waals surface area contributed by atoms with Crippen LogP contribution in [0.5, 0.6) is 0 Å². The minimum atomic E-state index is -0.393. The summed E-state index contributed by atoms with van der Waals surface area (Å²) >= 11 is 6.02. The number of benzene rings is 3. The smallest absolute Gasteiger partial charge is 0.295 e. The Bertz CT molecular complexity index is 1250. The number of anilines is 1. The second-order valence-electron chi connectivity index (χ2n) is 7.22. The number of amides is 1. The van der Waals surface area contributed by atoms with Crippen LogP contribution < -0.4 is 5.32 Å². The summed E-state index contributed by atoms with van der Waals surface area (Å²) in [6.45, 7) is 6.11. The number of aromatic nitrogens is 3. The summed E-state index contributed by atoms with van der Waals surface area (Å²) < 4.78 is 1.74. The Morgan fingerprint density at radius 1 is 0.967 bits per heavy atom. The van der Waals surface area contributed by atoms with Crippen LogP contribution in [-0.4, -0.2) is 20.7 Å². The predicted octanol–water partition coefficient (Wildman–Crippen LogP) is 5.77. The molecule has 3 aromatic carbocycles. The maximum absolute atomic E-state index is 12.9. The Labute approximate surface area is 180 Å². The summed E-state index contributed by atoms with van der Waals surface area (Å²) in [5.74, 6) is 0.311. The van der Waals surface area contributed by atoms with Crippen molar-refractivity contribution in [3.05, 3.63) is 94.3 Å². The van der Waals surface area contributed by atoms with E-state index in [1.165, 1.54) is 0 Å². The molecule has 0 aliphatic carbocycles. The lowest BCUT2D eigenvalue weighted by Crippen LogP contribution is -2.14. The topological polar surface area (TPSA) is 59.8 Å². The molecule has 0 spiro atoms. The Morgan fingerprint density at radius 3 is 2.50 bits per heavy atom. The molecule has 0 fully saturated rings. The maximum atomic E-state index is 12.9. The fraction of sp³-hybridized carbons (Fsp3) is 0.125. The van der Waals surface area contributed by atoms with Crippen molar-refractivity contribution in [3.63, 3.8) is 0 Å². The van der Waals surface area contributed by atoms with Gasteiger partial charge >= 0.3 is 0 Å². The predicted molar refractivity (Wildman–Crippen MR) is 120 cm³/mol. The molecular formula is C24H21ClN4O. The molecule has 0 saturated heterocycles. The monoisotopic (exact) mass is 416 g/mol. The van der Waals surface area contributed by atoms with E-state index in [0.29, 0.717) is 16.5 Å². The highest BCUT2D eigenvalue weighted by Gasteiger charge is 2.20. The first-order valence-corrected chi connectivity index (χ1v) is 9.98. The molecule has 150 valence electrons. The van der Waals surface area contributed by atoms with Gasteiger partial charge in [-0.25, -0.2) is 9.67 Å². The zero-order valence-corrected chi connectivity index (χ0v) is 17.7. The molecule has 6 heteroatoms. The second kappa shape index (κ2) is 8.13. The molecular weight excluding hydrogens is 396 g/mol. The lowest BCUT2D eigenvalue weighted by molar-refractivity contribution is 0.101. The second-order valence-corrected chi connectivity index (χ2v) is 7.66. The fourth-order valence-corrected chi connectivity index (χ4v) is 3.46. The first-order valence-electron chi connectivity index (χ1n) is 9.60. The summed E-state index contributed by atoms with van der Waals surface area (Å²) in [5.41, 5.74) is 5.70. The van der Waals surface area contributed by atoms with Gasteiger partial charge in [0.1, 0.15) is 0 Å². The molecule has 1 amide bonds. The summed E-state index contributed by atoms with van der Waals surface area (Å²) in [7, 11) is 0. The van der Waals surface area contributed by atoms with Gasteiger partial charge in [0.15, 0.2) is 5.82 Å². The van der Waals surface area contributed by atoms with E-state index in [9.17, 15) is 4.79 Å². The number of hydrogen-bond donors (Lipinski definition) is 1. The molecule has 0 radical (unpaired) electrons. The third kappa shape index (κ3) is 3.98. The van der Waals surface area contributed by atoms with Crippen molar-refractivity contribution in [2.75, 3.05) is 5.32 Å². The van der Waals surface area contributed by atoms with Crippen molar-refractivity contribution in [2.24, 2.45) is 0 Å². The lowest BCUT2D eigenvalue weighted by atomic mass is 10.1. The maximum Gasteiger partial charge on any atom is 0.295 e. The molecule has 1 heterocycles. The average molecular weight is 417 g/mol. The molecule has 4 rings (SSSR count). The van der Waals surface area contributed by atoms with E-state index in [-0.39, 0.29) is 5.82 Å². The normalized spacial score (nSPS) is 10.8. The van der Waals surface area contributed by atoms with Crippen LogP contribution in [0.3, 0.4) is 0 Å². The van der Waals surface area contributed by atoms with Crippen molar-refractivity contribution >= 4 is 23.2 Å². The number of carbonyl (C=O) groups excluding carboxylic acids is 1. The van der Waals surface area contributed by atoms with Crippen molar-refractivity contribution in [3.8, 4) is 17.1 Å². The number of nitrogens with zero attached hydrogens (tertiary/aromatic N) is 3. The molecule has 1 aromatic heterocycles. The number of nitrogens with one attached hydrogen (secondary N) is 1. The first-order chi connectivity index (χ1) is 14.4. The molecule has 5 nitrogen and oxygen atoms in total. The molecule has 4 aromatic rings. The first kappa shape index (κ1) is 19.9. The van der Waals surface area contributed by atoms with Crippen LogP contribution in [0.4, 0.5) is 5.69 Å². The van der Waals surface area contributed by atoms with E-state index in [1.54, 1.807) is 28.9 Å². The van der Waals surface area contributed by atoms with E-state index in [2.05, 4.69) is 28.4 Å². The third-order valence-corrected chi connectivity index (χ3v) is 5.21. The number of aryl methyl sites for hydroxylation is 2. The van der Waals surface area contributed by atoms with Gasteiger partial charge in [-0.05, 0) is 62.2 Å². The average Bonchev–Trinajstić information content (AvgIpc) is 3.15. The van der Waals surface area contributed by atoms with Crippen LogP contribution in [0.15, 0.2) is 66.7 Å². The van der Waals surface area contributed by atoms with Gasteiger partial charge < -0.3 is 5.32 Å². The summed E-state index contributed by atoms with van der Waals surface area (Å²) in [5, 5.41) is 7.93. The zero-order chi connectivity index (χ0) is 21.3. The summed E-state index contributed by atoms with van der Waals surface area (Å²) in [6, 6.07) is 21.0. The summed E-state index contributed by atoms with van der Waals surface area (Å²) in [6.07, 6.45) is 0. The van der Waals surface area contributed by atoms with Crippen LogP contribution in [0, 0.1) is 20.8 Å². The number of hydrogen-bond acceptors (Lipinski definition) is 3. The van der Waals surface area contributed by atoms with Gasteiger partial charge in [0.25, 0.3) is 5.91 Å². The quantitative estimate of drug-likeness (QED) is 0.459. The Morgan fingerprint density at radius 2 is 1.73 bits per heavy atom. The van der Waals surface area contributed by atoms with Crippen LogP contribution in [-0.2, 0) is 0 Å². The van der Waals surface area contributed by atoms with Gasteiger partial charge in [-0.1, -0.05) is 53.6 Å². The number of carbonyl (C=O) groups is 1. The molecule has 1 N–H and O–H groups in total. The Kier molecular flexibility index (Phi) is 5.38.